The Morgan fingerprint density at radius 3 is 2.63 bits per heavy atom. The number of anilines is 1. The molecule has 0 bridgehead atoms. The molecule has 0 saturated carbocycles. The number of hydrogen-bond donors (Lipinski definition) is 0. The molecule has 3 aromatic rings. The van der Waals surface area contributed by atoms with Gasteiger partial charge in [-0.15, -0.1) is 5.10 Å². The van der Waals surface area contributed by atoms with Crippen LogP contribution >= 0.6 is 0 Å². The third-order valence-corrected chi connectivity index (χ3v) is 4.81. The summed E-state index contributed by atoms with van der Waals surface area (Å²) < 4.78 is 5.94. The molecule has 5 heteroatoms. The number of rotatable bonds is 5. The molecule has 27 heavy (non-hydrogen) atoms. The molecule has 0 aliphatic carbocycles. The molecule has 0 N–H and O–H groups in total. The Hall–Kier alpha value is -3.21. The average molecular weight is 359 g/mol. The summed E-state index contributed by atoms with van der Waals surface area (Å²) in [5, 5.41) is 8.10. The van der Waals surface area contributed by atoms with Crippen LogP contribution in [0.15, 0.2) is 60.7 Å². The van der Waals surface area contributed by atoms with E-state index < -0.39 is 0 Å². The minimum absolute atomic E-state index is 0.0373. The lowest BCUT2D eigenvalue weighted by atomic mass is 10.0. The molecule has 2 aromatic carbocycles. The van der Waals surface area contributed by atoms with E-state index in [4.69, 9.17) is 4.74 Å². The molecule has 4 rings (SSSR count). The molecule has 1 saturated heterocycles. The van der Waals surface area contributed by atoms with Crippen LogP contribution in [-0.4, -0.2) is 35.7 Å². The molecule has 1 atom stereocenters. The molecular formula is C22H21N3O2. The van der Waals surface area contributed by atoms with Crippen LogP contribution in [-0.2, 0) is 0 Å². The van der Waals surface area contributed by atoms with Crippen molar-refractivity contribution in [1.82, 2.24) is 10.2 Å². The largest absolute Gasteiger partial charge is 0.471 e. The predicted molar refractivity (Wildman–Crippen MR) is 105 cm³/mol. The molecule has 0 amide bonds. The van der Waals surface area contributed by atoms with Gasteiger partial charge >= 0.3 is 0 Å². The molecule has 2 heterocycles. The van der Waals surface area contributed by atoms with Crippen LogP contribution in [0.25, 0.3) is 11.1 Å². The summed E-state index contributed by atoms with van der Waals surface area (Å²) in [7, 11) is 0. The van der Waals surface area contributed by atoms with Gasteiger partial charge < -0.3 is 9.64 Å². The summed E-state index contributed by atoms with van der Waals surface area (Å²) in [6.45, 7) is 3.46. The number of nitrogens with zero attached hydrogens (tertiary/aromatic N) is 3. The fraction of sp³-hybridized carbons (Fsp3) is 0.227. The van der Waals surface area contributed by atoms with E-state index in [9.17, 15) is 4.79 Å². The van der Waals surface area contributed by atoms with Gasteiger partial charge in [-0.1, -0.05) is 36.4 Å². The lowest BCUT2D eigenvalue weighted by Crippen LogP contribution is -2.25. The third-order valence-electron chi connectivity index (χ3n) is 4.81. The molecule has 0 unspecified atom stereocenters. The highest BCUT2D eigenvalue weighted by atomic mass is 16.5. The number of aryl methyl sites for hydroxylation is 1. The number of aldehydes is 1. The number of carbonyl (C=O) groups is 1. The first kappa shape index (κ1) is 17.2. The van der Waals surface area contributed by atoms with Crippen molar-refractivity contribution in [2.45, 2.75) is 19.4 Å². The zero-order chi connectivity index (χ0) is 18.6. The van der Waals surface area contributed by atoms with Crippen molar-refractivity contribution < 1.29 is 9.53 Å². The second-order valence-electron chi connectivity index (χ2n) is 6.74. The zero-order valence-electron chi connectivity index (χ0n) is 15.2. The minimum Gasteiger partial charge on any atom is -0.471 e. The van der Waals surface area contributed by atoms with E-state index >= 15 is 0 Å². The van der Waals surface area contributed by atoms with Crippen LogP contribution in [0, 0.1) is 6.92 Å². The summed E-state index contributed by atoms with van der Waals surface area (Å²) in [5.41, 5.74) is 4.67. The maximum absolute atomic E-state index is 11.7. The molecule has 136 valence electrons. The highest BCUT2D eigenvalue weighted by Crippen LogP contribution is 2.29. The fourth-order valence-electron chi connectivity index (χ4n) is 3.41. The van der Waals surface area contributed by atoms with Crippen LogP contribution in [0.4, 0.5) is 5.69 Å². The maximum atomic E-state index is 11.7. The van der Waals surface area contributed by atoms with Crippen LogP contribution in [0.1, 0.15) is 22.5 Å². The van der Waals surface area contributed by atoms with Gasteiger partial charge in [0, 0.05) is 30.3 Å². The van der Waals surface area contributed by atoms with Gasteiger partial charge in [0.2, 0.25) is 5.88 Å². The molecule has 1 aliphatic rings. The van der Waals surface area contributed by atoms with E-state index in [1.807, 2.05) is 61.5 Å². The average Bonchev–Trinajstić information content (AvgIpc) is 3.18. The van der Waals surface area contributed by atoms with E-state index in [2.05, 4.69) is 21.2 Å². The number of carbonyl (C=O) groups excluding carboxylic acids is 1. The smallest absolute Gasteiger partial charge is 0.233 e. The first-order valence-corrected chi connectivity index (χ1v) is 9.09. The van der Waals surface area contributed by atoms with E-state index in [1.54, 1.807) is 0 Å². The molecule has 1 fully saturated rings. The van der Waals surface area contributed by atoms with Gasteiger partial charge in [0.05, 0.1) is 12.2 Å². The van der Waals surface area contributed by atoms with Crippen molar-refractivity contribution >= 4 is 12.0 Å². The van der Waals surface area contributed by atoms with Gasteiger partial charge in [0.25, 0.3) is 0 Å². The molecule has 0 radical (unpaired) electrons. The highest BCUT2D eigenvalue weighted by Gasteiger charge is 2.26. The normalized spacial score (nSPS) is 16.3. The molecule has 1 aromatic heterocycles. The van der Waals surface area contributed by atoms with Gasteiger partial charge in [0.1, 0.15) is 6.10 Å². The summed E-state index contributed by atoms with van der Waals surface area (Å²) in [5.74, 6) is 0.544. The van der Waals surface area contributed by atoms with E-state index in [-0.39, 0.29) is 6.10 Å². The second-order valence-corrected chi connectivity index (χ2v) is 6.74. The van der Waals surface area contributed by atoms with Crippen LogP contribution in [0.5, 0.6) is 5.88 Å². The van der Waals surface area contributed by atoms with Crippen molar-refractivity contribution in [3.05, 3.63) is 71.9 Å². The van der Waals surface area contributed by atoms with Gasteiger partial charge in [-0.2, -0.15) is 5.10 Å². The predicted octanol–water partition coefficient (Wildman–Crippen LogP) is 3.92. The highest BCUT2D eigenvalue weighted by molar-refractivity contribution is 5.87. The van der Waals surface area contributed by atoms with Gasteiger partial charge in [0.15, 0.2) is 6.29 Å². The van der Waals surface area contributed by atoms with Crippen molar-refractivity contribution in [1.29, 1.82) is 0 Å². The van der Waals surface area contributed by atoms with Crippen LogP contribution < -0.4 is 9.64 Å². The Morgan fingerprint density at radius 1 is 1.04 bits per heavy atom. The van der Waals surface area contributed by atoms with Crippen LogP contribution in [0.2, 0.25) is 0 Å². The quantitative estimate of drug-likeness (QED) is 0.646. The van der Waals surface area contributed by atoms with E-state index in [1.165, 1.54) is 0 Å². The standard InChI is InChI=1S/C22H21N3O2/c1-16-7-10-22(24-23-16)27-20-11-12-25(14-20)21-9-8-18(13-19(21)15-26)17-5-3-2-4-6-17/h2-10,13,15,20H,11-12,14H2,1H3/t20-/m0/s1. The monoisotopic (exact) mass is 359 g/mol. The maximum Gasteiger partial charge on any atom is 0.233 e. The molecular weight excluding hydrogens is 338 g/mol. The Kier molecular flexibility index (Phi) is 4.83. The number of hydrogen-bond acceptors (Lipinski definition) is 5. The minimum atomic E-state index is 0.0373. The molecule has 1 aliphatic heterocycles. The Morgan fingerprint density at radius 2 is 1.89 bits per heavy atom. The number of aromatic nitrogens is 2. The van der Waals surface area contributed by atoms with Crippen molar-refractivity contribution in [2.24, 2.45) is 0 Å². The fourth-order valence-corrected chi connectivity index (χ4v) is 3.41. The van der Waals surface area contributed by atoms with Gasteiger partial charge in [-0.25, -0.2) is 0 Å². The number of benzene rings is 2. The van der Waals surface area contributed by atoms with Crippen molar-refractivity contribution in [2.75, 3.05) is 18.0 Å². The van der Waals surface area contributed by atoms with Gasteiger partial charge in [-0.3, -0.25) is 4.79 Å². The first-order valence-electron chi connectivity index (χ1n) is 9.09. The first-order chi connectivity index (χ1) is 13.2. The van der Waals surface area contributed by atoms with Crippen LogP contribution in [0.3, 0.4) is 0 Å². The Labute approximate surface area is 158 Å². The third kappa shape index (κ3) is 3.82. The number of ether oxygens (including phenoxy) is 1. The lowest BCUT2D eigenvalue weighted by molar-refractivity contribution is 0.112. The summed E-state index contributed by atoms with van der Waals surface area (Å²) in [6, 6.07) is 19.9. The Balaban J connectivity index is 1.50. The topological polar surface area (TPSA) is 55.3 Å². The summed E-state index contributed by atoms with van der Waals surface area (Å²) >= 11 is 0. The summed E-state index contributed by atoms with van der Waals surface area (Å²) in [6.07, 6.45) is 1.85. The SMILES string of the molecule is Cc1ccc(O[C@H]2CCN(c3ccc(-c4ccccc4)cc3C=O)C2)nn1. The zero-order valence-corrected chi connectivity index (χ0v) is 15.2. The van der Waals surface area contributed by atoms with E-state index in [0.29, 0.717) is 11.4 Å². The van der Waals surface area contributed by atoms with Crippen molar-refractivity contribution in [3.8, 4) is 17.0 Å². The van der Waals surface area contributed by atoms with E-state index in [0.717, 1.165) is 48.3 Å². The summed E-state index contributed by atoms with van der Waals surface area (Å²) in [4.78, 5) is 13.9. The second kappa shape index (κ2) is 7.58. The molecule has 5 nitrogen and oxygen atoms in total. The lowest BCUT2D eigenvalue weighted by Gasteiger charge is -2.21. The molecule has 0 spiro atoms. The van der Waals surface area contributed by atoms with Gasteiger partial charge in [-0.05, 0) is 36.2 Å². The Bertz CT molecular complexity index is 926. The van der Waals surface area contributed by atoms with Crippen molar-refractivity contribution in [3.63, 3.8) is 0 Å².